The first-order chi connectivity index (χ1) is 12.3. The summed E-state index contributed by atoms with van der Waals surface area (Å²) in [7, 11) is 0. The molecule has 2 rings (SSSR count). The average Bonchev–Trinajstić information content (AvgIpc) is 2.91. The van der Waals surface area contributed by atoms with Crippen molar-refractivity contribution >= 4 is 34.8 Å². The molecule has 1 atom stereocenters. The third kappa shape index (κ3) is 5.03. The first-order valence-electron chi connectivity index (χ1n) is 7.83. The van der Waals surface area contributed by atoms with E-state index in [4.69, 9.17) is 10.5 Å². The van der Waals surface area contributed by atoms with Gasteiger partial charge in [0.05, 0.1) is 6.42 Å². The van der Waals surface area contributed by atoms with Gasteiger partial charge in [-0.3, -0.25) is 19.2 Å². The molecule has 3 N–H and O–H groups in total. The molecule has 26 heavy (non-hydrogen) atoms. The number of hydrogen-bond acceptors (Lipinski definition) is 6. The molecule has 0 radical (unpaired) electrons. The summed E-state index contributed by atoms with van der Waals surface area (Å²) >= 11 is 1.07. The van der Waals surface area contributed by atoms with E-state index >= 15 is 0 Å². The number of hydrogen-bond donors (Lipinski definition) is 2. The van der Waals surface area contributed by atoms with Crippen LogP contribution in [0, 0.1) is 6.92 Å². The van der Waals surface area contributed by atoms with Crippen LogP contribution in [-0.4, -0.2) is 28.5 Å². The second-order valence-electron chi connectivity index (χ2n) is 5.61. The molecule has 1 aromatic carbocycles. The van der Waals surface area contributed by atoms with Crippen LogP contribution in [0.5, 0.6) is 0 Å². The van der Waals surface area contributed by atoms with Gasteiger partial charge in [-0.05, 0) is 38.1 Å². The summed E-state index contributed by atoms with van der Waals surface area (Å²) in [6.45, 7) is 3.44. The molecular weight excluding hydrogens is 358 g/mol. The summed E-state index contributed by atoms with van der Waals surface area (Å²) < 4.78 is 6.57. The predicted octanol–water partition coefficient (Wildman–Crippen LogP) is 1.28. The molecule has 0 bridgehead atoms. The lowest BCUT2D eigenvalue weighted by atomic mass is 10.2. The number of nitrogens with one attached hydrogen (secondary N) is 1. The predicted molar refractivity (Wildman–Crippen MR) is 97.1 cm³/mol. The Morgan fingerprint density at radius 1 is 1.27 bits per heavy atom. The van der Waals surface area contributed by atoms with E-state index in [9.17, 15) is 19.2 Å². The first kappa shape index (κ1) is 19.4. The van der Waals surface area contributed by atoms with Gasteiger partial charge in [0.1, 0.15) is 0 Å². The van der Waals surface area contributed by atoms with Crippen molar-refractivity contribution in [3.63, 3.8) is 0 Å². The van der Waals surface area contributed by atoms with E-state index in [1.807, 2.05) is 0 Å². The molecule has 0 saturated carbocycles. The Morgan fingerprint density at radius 2 is 1.92 bits per heavy atom. The number of nitrogens with zero attached hydrogens (tertiary/aromatic N) is 1. The number of aryl methyl sites for hydroxylation is 1. The number of amides is 2. The van der Waals surface area contributed by atoms with Crippen LogP contribution >= 0.6 is 11.3 Å². The van der Waals surface area contributed by atoms with Gasteiger partial charge in [-0.25, -0.2) is 0 Å². The molecule has 0 aliphatic carbocycles. The molecule has 9 heteroatoms. The van der Waals surface area contributed by atoms with Crippen LogP contribution in [0.25, 0.3) is 0 Å². The van der Waals surface area contributed by atoms with E-state index in [1.54, 1.807) is 12.3 Å². The Morgan fingerprint density at radius 3 is 2.46 bits per heavy atom. The summed E-state index contributed by atoms with van der Waals surface area (Å²) in [6, 6.07) is 6.02. The molecule has 0 fully saturated rings. The SMILES string of the molecule is Cc1csc(=O)n1CCC(=O)O[C@@H](C)C(=O)Nc1ccc(C(N)=O)cc1. The number of carbonyl (C=O) groups excluding carboxylic acids is 3. The van der Waals surface area contributed by atoms with Crippen molar-refractivity contribution < 1.29 is 19.1 Å². The van der Waals surface area contributed by atoms with E-state index in [2.05, 4.69) is 5.32 Å². The van der Waals surface area contributed by atoms with Crippen molar-refractivity contribution in [1.82, 2.24) is 4.57 Å². The highest BCUT2D eigenvalue weighted by Crippen LogP contribution is 2.10. The number of anilines is 1. The third-order valence-corrected chi connectivity index (χ3v) is 4.51. The lowest BCUT2D eigenvalue weighted by Gasteiger charge is -2.14. The maximum atomic E-state index is 12.1. The maximum absolute atomic E-state index is 12.1. The number of primary amides is 1. The zero-order valence-electron chi connectivity index (χ0n) is 14.4. The Hall–Kier alpha value is -2.94. The average molecular weight is 377 g/mol. The molecule has 0 aliphatic heterocycles. The zero-order chi connectivity index (χ0) is 19.3. The van der Waals surface area contributed by atoms with Crippen molar-refractivity contribution in [2.75, 3.05) is 5.32 Å². The van der Waals surface area contributed by atoms with Crippen LogP contribution in [0.2, 0.25) is 0 Å². The van der Waals surface area contributed by atoms with Gasteiger partial charge < -0.3 is 20.4 Å². The fourth-order valence-corrected chi connectivity index (χ4v) is 2.91. The molecule has 8 nitrogen and oxygen atoms in total. The van der Waals surface area contributed by atoms with Gasteiger partial charge in [0.25, 0.3) is 5.91 Å². The van der Waals surface area contributed by atoms with Gasteiger partial charge in [0, 0.05) is 28.9 Å². The van der Waals surface area contributed by atoms with Gasteiger partial charge >= 0.3 is 10.8 Å². The van der Waals surface area contributed by atoms with Crippen molar-refractivity contribution in [1.29, 1.82) is 0 Å². The summed E-state index contributed by atoms with van der Waals surface area (Å²) in [5.74, 6) is -1.64. The number of esters is 1. The van der Waals surface area contributed by atoms with Crippen molar-refractivity contribution in [3.05, 3.63) is 50.6 Å². The number of aromatic nitrogens is 1. The minimum absolute atomic E-state index is 0.0115. The summed E-state index contributed by atoms with van der Waals surface area (Å²) in [6.07, 6.45) is -1.01. The minimum atomic E-state index is -1.00. The number of ether oxygens (including phenoxy) is 1. The molecule has 0 saturated heterocycles. The highest BCUT2D eigenvalue weighted by molar-refractivity contribution is 7.07. The highest BCUT2D eigenvalue weighted by Gasteiger charge is 2.18. The van der Waals surface area contributed by atoms with Crippen LogP contribution in [0.4, 0.5) is 5.69 Å². The van der Waals surface area contributed by atoms with Crippen molar-refractivity contribution in [2.45, 2.75) is 32.9 Å². The first-order valence-corrected chi connectivity index (χ1v) is 8.71. The fraction of sp³-hybridized carbons (Fsp3) is 0.294. The number of benzene rings is 1. The second-order valence-corrected chi connectivity index (χ2v) is 6.43. The molecular formula is C17H19N3O5S. The maximum Gasteiger partial charge on any atom is 0.308 e. The number of thiazole rings is 1. The molecule has 2 aromatic rings. The molecule has 0 spiro atoms. The minimum Gasteiger partial charge on any atom is -0.452 e. The highest BCUT2D eigenvalue weighted by atomic mass is 32.1. The van der Waals surface area contributed by atoms with Crippen LogP contribution in [0.3, 0.4) is 0 Å². The van der Waals surface area contributed by atoms with Gasteiger partial charge in [-0.15, -0.1) is 0 Å². The quantitative estimate of drug-likeness (QED) is 0.704. The molecule has 0 unspecified atom stereocenters. The second kappa shape index (κ2) is 8.43. The summed E-state index contributed by atoms with van der Waals surface area (Å²) in [5, 5.41) is 4.29. The lowest BCUT2D eigenvalue weighted by Crippen LogP contribution is -2.30. The van der Waals surface area contributed by atoms with Crippen LogP contribution < -0.4 is 15.9 Å². The standard InChI is InChI=1S/C17H19N3O5S/c1-10-9-26-17(24)20(10)8-7-14(21)25-11(2)16(23)19-13-5-3-12(4-6-13)15(18)22/h3-6,9,11H,7-8H2,1-2H3,(H2,18,22)(H,19,23)/t11-/m0/s1. The van der Waals surface area contributed by atoms with Gasteiger partial charge in [-0.2, -0.15) is 0 Å². The topological polar surface area (TPSA) is 120 Å². The Balaban J connectivity index is 1.85. The molecule has 2 amide bonds. The van der Waals surface area contributed by atoms with Crippen LogP contribution in [-0.2, 0) is 20.9 Å². The Labute approximate surface area is 153 Å². The largest absolute Gasteiger partial charge is 0.452 e. The van der Waals surface area contributed by atoms with E-state index < -0.39 is 23.9 Å². The zero-order valence-corrected chi connectivity index (χ0v) is 15.2. The normalized spacial score (nSPS) is 11.6. The van der Waals surface area contributed by atoms with Crippen LogP contribution in [0.1, 0.15) is 29.4 Å². The van der Waals surface area contributed by atoms with E-state index in [1.165, 1.54) is 35.8 Å². The molecule has 0 aliphatic rings. The summed E-state index contributed by atoms with van der Waals surface area (Å²) in [5.41, 5.74) is 6.69. The smallest absolute Gasteiger partial charge is 0.308 e. The number of rotatable bonds is 7. The van der Waals surface area contributed by atoms with E-state index in [0.717, 1.165) is 17.0 Å². The van der Waals surface area contributed by atoms with Crippen molar-refractivity contribution in [2.24, 2.45) is 5.73 Å². The third-order valence-electron chi connectivity index (χ3n) is 3.63. The monoisotopic (exact) mass is 377 g/mol. The van der Waals surface area contributed by atoms with Gasteiger partial charge in [0.15, 0.2) is 6.10 Å². The summed E-state index contributed by atoms with van der Waals surface area (Å²) in [4.78, 5) is 46.4. The van der Waals surface area contributed by atoms with E-state index in [0.29, 0.717) is 11.3 Å². The van der Waals surface area contributed by atoms with Gasteiger partial charge in [-0.1, -0.05) is 11.3 Å². The molecule has 1 heterocycles. The lowest BCUT2D eigenvalue weighted by molar-refractivity contribution is -0.153. The van der Waals surface area contributed by atoms with E-state index in [-0.39, 0.29) is 17.8 Å². The van der Waals surface area contributed by atoms with Crippen molar-refractivity contribution in [3.8, 4) is 0 Å². The Bertz CT molecular complexity index is 869. The molecule has 1 aromatic heterocycles. The van der Waals surface area contributed by atoms with Crippen LogP contribution in [0.15, 0.2) is 34.4 Å². The molecule has 138 valence electrons. The fourth-order valence-electron chi connectivity index (χ4n) is 2.15. The number of nitrogens with two attached hydrogens (primary N) is 1. The Kier molecular flexibility index (Phi) is 6.29. The van der Waals surface area contributed by atoms with Gasteiger partial charge in [0.2, 0.25) is 5.91 Å². The number of carbonyl (C=O) groups is 3.